The maximum Gasteiger partial charge on any atom is 0.266 e. The van der Waals surface area contributed by atoms with E-state index in [-0.39, 0.29) is 11.5 Å². The van der Waals surface area contributed by atoms with Gasteiger partial charge in [0.25, 0.3) is 11.5 Å². The Balaban J connectivity index is 1.56. The summed E-state index contributed by atoms with van der Waals surface area (Å²) in [5, 5.41) is 1.03. The summed E-state index contributed by atoms with van der Waals surface area (Å²) in [5.74, 6) is 1.42. The van der Waals surface area contributed by atoms with Crippen LogP contribution in [0.3, 0.4) is 0 Å². The molecule has 2 fully saturated rings. The zero-order valence-corrected chi connectivity index (χ0v) is 19.5. The predicted molar refractivity (Wildman–Crippen MR) is 134 cm³/mol. The van der Waals surface area contributed by atoms with Crippen LogP contribution in [0.25, 0.3) is 10.9 Å². The highest BCUT2D eigenvalue weighted by Gasteiger charge is 2.32. The number of nitrogens with zero attached hydrogens (tertiary/aromatic N) is 3. The molecule has 33 heavy (non-hydrogen) atoms. The fourth-order valence-electron chi connectivity index (χ4n) is 5.75. The maximum absolute atomic E-state index is 13.0. The van der Waals surface area contributed by atoms with E-state index in [0.29, 0.717) is 18.0 Å². The SMILES string of the molecule is CCn1c(=O)cc(N2CCC3CCCCC3C2)c2cc(N(C)C(=O)C3=C=C=CC=C3)ccc21. The number of hydrogen-bond acceptors (Lipinski definition) is 3. The first-order valence-corrected chi connectivity index (χ1v) is 12.2. The first-order chi connectivity index (χ1) is 16.1. The van der Waals surface area contributed by atoms with Crippen molar-refractivity contribution >= 4 is 28.2 Å². The number of likely N-dealkylation sites (N-methyl/N-ethyl adjacent to an activating group) is 1. The smallest absolute Gasteiger partial charge is 0.266 e. The predicted octanol–water partition coefficient (Wildman–Crippen LogP) is 4.81. The van der Waals surface area contributed by atoms with Crippen LogP contribution in [-0.4, -0.2) is 30.6 Å². The first kappa shape index (κ1) is 21.6. The summed E-state index contributed by atoms with van der Waals surface area (Å²) >= 11 is 0. The van der Waals surface area contributed by atoms with Gasteiger partial charge in [0.1, 0.15) is 0 Å². The number of benzene rings is 1. The minimum atomic E-state index is -0.125. The number of pyridine rings is 1. The van der Waals surface area contributed by atoms with E-state index < -0.39 is 0 Å². The molecule has 2 aromatic rings. The average molecular weight is 442 g/mol. The topological polar surface area (TPSA) is 45.6 Å². The van der Waals surface area contributed by atoms with Gasteiger partial charge in [-0.1, -0.05) is 36.8 Å². The normalized spacial score (nSPS) is 21.8. The first-order valence-electron chi connectivity index (χ1n) is 12.2. The number of aromatic nitrogens is 1. The van der Waals surface area contributed by atoms with Gasteiger partial charge in [-0.25, -0.2) is 0 Å². The zero-order valence-electron chi connectivity index (χ0n) is 19.5. The van der Waals surface area contributed by atoms with Gasteiger partial charge in [0.05, 0.1) is 16.8 Å². The molecule has 1 saturated carbocycles. The van der Waals surface area contributed by atoms with Gasteiger partial charge in [0, 0.05) is 43.8 Å². The van der Waals surface area contributed by atoms with E-state index in [1.165, 1.54) is 32.1 Å². The monoisotopic (exact) mass is 441 g/mol. The zero-order chi connectivity index (χ0) is 22.9. The Labute approximate surface area is 195 Å². The van der Waals surface area contributed by atoms with Crippen molar-refractivity contribution in [2.75, 3.05) is 29.9 Å². The van der Waals surface area contributed by atoms with Gasteiger partial charge in [-0.3, -0.25) is 9.59 Å². The van der Waals surface area contributed by atoms with Gasteiger partial charge in [-0.2, -0.15) is 0 Å². The van der Waals surface area contributed by atoms with Gasteiger partial charge in [0.15, 0.2) is 0 Å². The van der Waals surface area contributed by atoms with Crippen LogP contribution < -0.4 is 15.4 Å². The Hall–Kier alpha value is -3.26. The van der Waals surface area contributed by atoms with Crippen molar-refractivity contribution in [2.24, 2.45) is 11.8 Å². The molecule has 5 heteroatoms. The van der Waals surface area contributed by atoms with Crippen LogP contribution in [0.1, 0.15) is 39.0 Å². The van der Waals surface area contributed by atoms with Crippen LogP contribution in [0, 0.1) is 11.8 Å². The molecule has 0 spiro atoms. The average Bonchev–Trinajstić information content (AvgIpc) is 2.87. The highest BCUT2D eigenvalue weighted by Crippen LogP contribution is 2.39. The van der Waals surface area contributed by atoms with Crippen molar-refractivity contribution in [1.82, 2.24) is 4.57 Å². The summed E-state index contributed by atoms with van der Waals surface area (Å²) in [6.07, 6.45) is 11.8. The molecule has 2 aliphatic carbocycles. The third kappa shape index (κ3) is 3.99. The number of allylic oxidation sites excluding steroid dienone is 2. The number of rotatable bonds is 4. The van der Waals surface area contributed by atoms with E-state index in [1.54, 1.807) is 36.2 Å². The Bertz CT molecular complexity index is 1290. The van der Waals surface area contributed by atoms with E-state index in [9.17, 15) is 9.59 Å². The molecular formula is C28H31N3O2. The van der Waals surface area contributed by atoms with Crippen molar-refractivity contribution in [2.45, 2.75) is 45.6 Å². The third-order valence-corrected chi connectivity index (χ3v) is 7.59. The van der Waals surface area contributed by atoms with Crippen molar-refractivity contribution in [3.8, 4) is 0 Å². The van der Waals surface area contributed by atoms with Gasteiger partial charge in [-0.15, -0.1) is 0 Å². The standard InChI is InChI=1S/C28H31N3O2/c1-3-31-25-14-13-23(29(2)28(33)21-10-5-4-6-11-21)17-24(25)26(18-27(31)32)30-16-15-20-9-7-8-12-22(20)19-30/h4-5,10,13-14,17-18,20,22H,3,7-9,12,15-16,19H2,1-2H3. The van der Waals surface area contributed by atoms with Crippen LogP contribution in [0.4, 0.5) is 11.4 Å². The van der Waals surface area contributed by atoms with Crippen molar-refractivity contribution in [1.29, 1.82) is 0 Å². The lowest BCUT2D eigenvalue weighted by atomic mass is 9.75. The number of hydrogen-bond donors (Lipinski definition) is 0. The molecule has 3 aliphatic rings. The molecule has 1 amide bonds. The molecule has 2 atom stereocenters. The lowest BCUT2D eigenvalue weighted by molar-refractivity contribution is -0.114. The molecule has 1 aliphatic heterocycles. The lowest BCUT2D eigenvalue weighted by Gasteiger charge is -2.42. The molecule has 5 rings (SSSR count). The fourth-order valence-corrected chi connectivity index (χ4v) is 5.75. The summed E-state index contributed by atoms with van der Waals surface area (Å²) in [7, 11) is 1.79. The second kappa shape index (κ2) is 8.94. The highest BCUT2D eigenvalue weighted by molar-refractivity contribution is 6.08. The molecule has 170 valence electrons. The van der Waals surface area contributed by atoms with Gasteiger partial charge in [-0.05, 0) is 62.0 Å². The number of carbonyl (C=O) groups excluding carboxylic acids is 1. The Morgan fingerprint density at radius 2 is 1.97 bits per heavy atom. The Kier molecular flexibility index (Phi) is 5.85. The fraction of sp³-hybridized carbons (Fsp3) is 0.429. The largest absolute Gasteiger partial charge is 0.371 e. The molecule has 2 unspecified atom stereocenters. The lowest BCUT2D eigenvalue weighted by Crippen LogP contribution is -2.42. The van der Waals surface area contributed by atoms with E-state index in [4.69, 9.17) is 0 Å². The molecule has 2 heterocycles. The Morgan fingerprint density at radius 3 is 2.73 bits per heavy atom. The summed E-state index contributed by atoms with van der Waals surface area (Å²) in [4.78, 5) is 30.1. The number of carbonyl (C=O) groups is 1. The molecular weight excluding hydrogens is 410 g/mol. The molecule has 0 radical (unpaired) electrons. The van der Waals surface area contributed by atoms with Crippen LogP contribution in [0.2, 0.25) is 0 Å². The molecule has 0 bridgehead atoms. The minimum absolute atomic E-state index is 0.0392. The highest BCUT2D eigenvalue weighted by atomic mass is 16.2. The van der Waals surface area contributed by atoms with Gasteiger partial charge >= 0.3 is 0 Å². The number of aryl methyl sites for hydroxylation is 1. The molecule has 1 aromatic carbocycles. The van der Waals surface area contributed by atoms with Crippen LogP contribution in [0.15, 0.2) is 64.3 Å². The number of amides is 1. The quantitative estimate of drug-likeness (QED) is 0.640. The third-order valence-electron chi connectivity index (χ3n) is 7.59. The number of anilines is 2. The molecule has 1 aromatic heterocycles. The summed E-state index contributed by atoms with van der Waals surface area (Å²) in [5.41, 5.74) is 9.02. The van der Waals surface area contributed by atoms with E-state index >= 15 is 0 Å². The summed E-state index contributed by atoms with van der Waals surface area (Å²) < 4.78 is 1.82. The Morgan fingerprint density at radius 1 is 1.15 bits per heavy atom. The van der Waals surface area contributed by atoms with Crippen LogP contribution in [0.5, 0.6) is 0 Å². The summed E-state index contributed by atoms with van der Waals surface area (Å²) in [6.45, 7) is 4.62. The number of piperidine rings is 1. The molecule has 1 saturated heterocycles. The number of fused-ring (bicyclic) bond motifs is 2. The van der Waals surface area contributed by atoms with Crippen LogP contribution in [-0.2, 0) is 11.3 Å². The van der Waals surface area contributed by atoms with E-state index in [0.717, 1.165) is 41.3 Å². The maximum atomic E-state index is 13.0. The van der Waals surface area contributed by atoms with Gasteiger partial charge < -0.3 is 14.4 Å². The van der Waals surface area contributed by atoms with E-state index in [2.05, 4.69) is 22.4 Å². The molecule has 0 N–H and O–H groups in total. The van der Waals surface area contributed by atoms with Gasteiger partial charge in [0.2, 0.25) is 0 Å². The van der Waals surface area contributed by atoms with Crippen molar-refractivity contribution in [3.05, 3.63) is 69.9 Å². The van der Waals surface area contributed by atoms with Crippen molar-refractivity contribution in [3.63, 3.8) is 0 Å². The molecule has 5 nitrogen and oxygen atoms in total. The second-order valence-electron chi connectivity index (χ2n) is 9.43. The summed E-state index contributed by atoms with van der Waals surface area (Å²) in [6, 6.07) is 7.78. The van der Waals surface area contributed by atoms with Crippen molar-refractivity contribution < 1.29 is 4.79 Å². The van der Waals surface area contributed by atoms with E-state index in [1.807, 2.05) is 23.6 Å². The van der Waals surface area contributed by atoms with Crippen LogP contribution >= 0.6 is 0 Å². The second-order valence-corrected chi connectivity index (χ2v) is 9.43. The minimum Gasteiger partial charge on any atom is -0.371 e.